The van der Waals surface area contributed by atoms with E-state index in [2.05, 4.69) is 15.6 Å². The van der Waals surface area contributed by atoms with E-state index in [9.17, 15) is 4.79 Å². The molecule has 6 nitrogen and oxygen atoms in total. The van der Waals surface area contributed by atoms with Crippen LogP contribution < -0.4 is 15.4 Å². The van der Waals surface area contributed by atoms with Crippen LogP contribution in [0.1, 0.15) is 16.1 Å². The van der Waals surface area contributed by atoms with Gasteiger partial charge in [0.05, 0.1) is 24.9 Å². The molecule has 2 heterocycles. The van der Waals surface area contributed by atoms with E-state index in [0.29, 0.717) is 34.5 Å². The van der Waals surface area contributed by atoms with Gasteiger partial charge in [-0.25, -0.2) is 4.98 Å². The first-order chi connectivity index (χ1) is 12.2. The minimum atomic E-state index is -0.213. The Morgan fingerprint density at radius 3 is 2.88 bits per heavy atom. The number of hydrogen-bond acceptors (Lipinski definition) is 5. The lowest BCUT2D eigenvalue weighted by Crippen LogP contribution is -2.22. The lowest BCUT2D eigenvalue weighted by Gasteiger charge is -2.09. The van der Waals surface area contributed by atoms with E-state index in [1.165, 1.54) is 0 Å². The Labute approximate surface area is 149 Å². The SMILES string of the molecule is COc1ccc(Nc2cc(C(=O)NCc3ccco3)ccn2)cc1Cl. The van der Waals surface area contributed by atoms with Crippen LogP contribution >= 0.6 is 11.6 Å². The van der Waals surface area contributed by atoms with Crippen molar-refractivity contribution in [2.45, 2.75) is 6.54 Å². The molecule has 0 aliphatic rings. The van der Waals surface area contributed by atoms with Crippen molar-refractivity contribution in [1.82, 2.24) is 10.3 Å². The van der Waals surface area contributed by atoms with E-state index in [0.717, 1.165) is 5.69 Å². The Morgan fingerprint density at radius 1 is 1.28 bits per heavy atom. The number of nitrogens with one attached hydrogen (secondary N) is 2. The zero-order valence-electron chi connectivity index (χ0n) is 13.5. The van der Waals surface area contributed by atoms with Crippen molar-refractivity contribution in [3.8, 4) is 5.75 Å². The molecule has 25 heavy (non-hydrogen) atoms. The number of carbonyl (C=O) groups excluding carboxylic acids is 1. The van der Waals surface area contributed by atoms with Gasteiger partial charge in [0.15, 0.2) is 0 Å². The highest BCUT2D eigenvalue weighted by molar-refractivity contribution is 6.32. The zero-order chi connectivity index (χ0) is 17.6. The van der Waals surface area contributed by atoms with E-state index < -0.39 is 0 Å². The summed E-state index contributed by atoms with van der Waals surface area (Å²) < 4.78 is 10.3. The van der Waals surface area contributed by atoms with Crippen molar-refractivity contribution >= 4 is 29.0 Å². The fraction of sp³-hybridized carbons (Fsp3) is 0.111. The molecule has 1 aromatic carbocycles. The molecule has 0 bridgehead atoms. The Balaban J connectivity index is 1.68. The first-order valence-electron chi connectivity index (χ1n) is 7.53. The predicted molar refractivity (Wildman–Crippen MR) is 95.4 cm³/mol. The van der Waals surface area contributed by atoms with E-state index in [-0.39, 0.29) is 5.91 Å². The van der Waals surface area contributed by atoms with Crippen LogP contribution in [0.25, 0.3) is 0 Å². The summed E-state index contributed by atoms with van der Waals surface area (Å²) in [7, 11) is 1.56. The summed E-state index contributed by atoms with van der Waals surface area (Å²) >= 11 is 6.11. The maximum Gasteiger partial charge on any atom is 0.251 e. The van der Waals surface area contributed by atoms with Gasteiger partial charge >= 0.3 is 0 Å². The number of pyridine rings is 1. The van der Waals surface area contributed by atoms with Gasteiger partial charge in [-0.3, -0.25) is 4.79 Å². The number of halogens is 1. The molecule has 3 rings (SSSR count). The summed E-state index contributed by atoms with van der Waals surface area (Å²) in [5.41, 5.74) is 1.23. The van der Waals surface area contributed by atoms with Gasteiger partial charge in [0.25, 0.3) is 5.91 Å². The van der Waals surface area contributed by atoms with Gasteiger partial charge in [0.1, 0.15) is 17.3 Å². The molecule has 128 valence electrons. The molecule has 0 saturated heterocycles. The second kappa shape index (κ2) is 7.72. The first kappa shape index (κ1) is 16.9. The second-order valence-corrected chi connectivity index (χ2v) is 5.57. The molecule has 2 N–H and O–H groups in total. The van der Waals surface area contributed by atoms with Crippen LogP contribution in [0.3, 0.4) is 0 Å². The van der Waals surface area contributed by atoms with Gasteiger partial charge in [-0.05, 0) is 42.5 Å². The Bertz CT molecular complexity index is 866. The molecule has 0 aliphatic heterocycles. The highest BCUT2D eigenvalue weighted by atomic mass is 35.5. The second-order valence-electron chi connectivity index (χ2n) is 5.17. The van der Waals surface area contributed by atoms with Crippen LogP contribution in [-0.4, -0.2) is 18.0 Å². The molecular formula is C18H16ClN3O3. The number of methoxy groups -OCH3 is 1. The maximum absolute atomic E-state index is 12.2. The summed E-state index contributed by atoms with van der Waals surface area (Å²) in [6, 6.07) is 12.2. The van der Waals surface area contributed by atoms with Gasteiger partial charge in [-0.15, -0.1) is 0 Å². The van der Waals surface area contributed by atoms with Crippen molar-refractivity contribution in [2.75, 3.05) is 12.4 Å². The summed E-state index contributed by atoms with van der Waals surface area (Å²) in [6.45, 7) is 0.324. The monoisotopic (exact) mass is 357 g/mol. The molecule has 0 radical (unpaired) electrons. The summed E-state index contributed by atoms with van der Waals surface area (Å²) in [6.07, 6.45) is 3.13. The molecule has 0 saturated carbocycles. The molecule has 7 heteroatoms. The number of hydrogen-bond donors (Lipinski definition) is 2. The maximum atomic E-state index is 12.2. The quantitative estimate of drug-likeness (QED) is 0.697. The molecule has 0 aliphatic carbocycles. The van der Waals surface area contributed by atoms with E-state index in [1.54, 1.807) is 56.0 Å². The number of furan rings is 1. The number of carbonyl (C=O) groups is 1. The fourth-order valence-electron chi connectivity index (χ4n) is 2.21. The van der Waals surface area contributed by atoms with Crippen molar-refractivity contribution in [2.24, 2.45) is 0 Å². The van der Waals surface area contributed by atoms with Crippen molar-refractivity contribution in [3.63, 3.8) is 0 Å². The van der Waals surface area contributed by atoms with Crippen LogP contribution in [-0.2, 0) is 6.54 Å². The molecule has 0 fully saturated rings. The predicted octanol–water partition coefficient (Wildman–Crippen LogP) is 4.01. The summed E-state index contributed by atoms with van der Waals surface area (Å²) in [4.78, 5) is 16.5. The number of aromatic nitrogens is 1. The van der Waals surface area contributed by atoms with E-state index >= 15 is 0 Å². The zero-order valence-corrected chi connectivity index (χ0v) is 14.2. The fourth-order valence-corrected chi connectivity index (χ4v) is 2.47. The van der Waals surface area contributed by atoms with Crippen LogP contribution in [0.15, 0.2) is 59.3 Å². The number of benzene rings is 1. The minimum absolute atomic E-state index is 0.213. The highest BCUT2D eigenvalue weighted by Gasteiger charge is 2.08. The van der Waals surface area contributed by atoms with Crippen molar-refractivity contribution in [1.29, 1.82) is 0 Å². The number of amides is 1. The van der Waals surface area contributed by atoms with Crippen molar-refractivity contribution in [3.05, 3.63) is 71.3 Å². The Morgan fingerprint density at radius 2 is 2.16 bits per heavy atom. The average molecular weight is 358 g/mol. The van der Waals surface area contributed by atoms with Gasteiger partial charge in [-0.1, -0.05) is 11.6 Å². The van der Waals surface area contributed by atoms with Crippen LogP contribution in [0, 0.1) is 0 Å². The highest BCUT2D eigenvalue weighted by Crippen LogP contribution is 2.28. The Hall–Kier alpha value is -2.99. The molecule has 0 spiro atoms. The minimum Gasteiger partial charge on any atom is -0.495 e. The standard InChI is InChI=1S/C18H16ClN3O3/c1-24-16-5-4-13(10-15(16)19)22-17-9-12(6-7-20-17)18(23)21-11-14-3-2-8-25-14/h2-10H,11H2,1H3,(H,20,22)(H,21,23). The third-order valence-electron chi connectivity index (χ3n) is 3.45. The number of rotatable bonds is 6. The lowest BCUT2D eigenvalue weighted by molar-refractivity contribution is 0.0948. The third kappa shape index (κ3) is 4.30. The normalized spacial score (nSPS) is 10.3. The van der Waals surface area contributed by atoms with Crippen LogP contribution in [0.4, 0.5) is 11.5 Å². The largest absolute Gasteiger partial charge is 0.495 e. The number of ether oxygens (including phenoxy) is 1. The smallest absolute Gasteiger partial charge is 0.251 e. The number of nitrogens with zero attached hydrogens (tertiary/aromatic N) is 1. The van der Waals surface area contributed by atoms with Gasteiger partial charge < -0.3 is 19.8 Å². The average Bonchev–Trinajstić information content (AvgIpc) is 3.14. The topological polar surface area (TPSA) is 76.4 Å². The van der Waals surface area contributed by atoms with E-state index in [4.69, 9.17) is 20.8 Å². The van der Waals surface area contributed by atoms with Crippen LogP contribution in [0.2, 0.25) is 5.02 Å². The molecule has 2 aromatic heterocycles. The lowest BCUT2D eigenvalue weighted by atomic mass is 10.2. The van der Waals surface area contributed by atoms with Gasteiger partial charge in [-0.2, -0.15) is 0 Å². The van der Waals surface area contributed by atoms with E-state index in [1.807, 2.05) is 6.07 Å². The molecule has 0 atom stereocenters. The molecule has 0 unspecified atom stereocenters. The summed E-state index contributed by atoms with van der Waals surface area (Å²) in [5, 5.41) is 6.39. The summed E-state index contributed by atoms with van der Waals surface area (Å²) in [5.74, 6) is 1.60. The Kier molecular flexibility index (Phi) is 5.20. The first-order valence-corrected chi connectivity index (χ1v) is 7.90. The number of anilines is 2. The molecule has 1 amide bonds. The molecular weight excluding hydrogens is 342 g/mol. The third-order valence-corrected chi connectivity index (χ3v) is 3.74. The van der Waals surface area contributed by atoms with Gasteiger partial charge in [0, 0.05) is 17.4 Å². The van der Waals surface area contributed by atoms with Crippen LogP contribution in [0.5, 0.6) is 5.75 Å². The van der Waals surface area contributed by atoms with Crippen molar-refractivity contribution < 1.29 is 13.9 Å². The van der Waals surface area contributed by atoms with Gasteiger partial charge in [0.2, 0.25) is 0 Å². The molecule has 3 aromatic rings.